The lowest BCUT2D eigenvalue weighted by atomic mass is 9.74. The molecule has 1 saturated heterocycles. The number of nitrogens with zero attached hydrogens (tertiary/aromatic N) is 1. The average molecular weight is 285 g/mol. The van der Waals surface area contributed by atoms with Gasteiger partial charge in [0.05, 0.1) is 22.7 Å². The van der Waals surface area contributed by atoms with Gasteiger partial charge in [-0.25, -0.2) is 0 Å². The first-order valence-electron chi connectivity index (χ1n) is 7.38. The lowest BCUT2D eigenvalue weighted by Crippen LogP contribution is -2.41. The summed E-state index contributed by atoms with van der Waals surface area (Å²) < 4.78 is 12.2. The number of hydrogen-bond donors (Lipinski definition) is 0. The van der Waals surface area contributed by atoms with Crippen molar-refractivity contribution in [2.75, 3.05) is 0 Å². The summed E-state index contributed by atoms with van der Waals surface area (Å²) in [7, 11) is -0.353. The molecule has 0 atom stereocenters. The van der Waals surface area contributed by atoms with Gasteiger partial charge in [0.2, 0.25) is 0 Å². The zero-order valence-corrected chi connectivity index (χ0v) is 14.1. The van der Waals surface area contributed by atoms with Crippen molar-refractivity contribution < 1.29 is 9.31 Å². The molecule has 1 aliphatic rings. The summed E-state index contributed by atoms with van der Waals surface area (Å²) in [5, 5.41) is 9.26. The molecule has 0 aromatic heterocycles. The van der Waals surface area contributed by atoms with E-state index in [1.807, 2.05) is 32.9 Å². The van der Waals surface area contributed by atoms with Crippen molar-refractivity contribution in [3.8, 4) is 6.07 Å². The molecule has 2 rings (SSSR count). The fourth-order valence-corrected chi connectivity index (χ4v) is 2.36. The van der Waals surface area contributed by atoms with E-state index >= 15 is 0 Å². The van der Waals surface area contributed by atoms with Crippen LogP contribution in [-0.4, -0.2) is 18.3 Å². The quantitative estimate of drug-likeness (QED) is 0.784. The predicted molar refractivity (Wildman–Crippen MR) is 85.5 cm³/mol. The van der Waals surface area contributed by atoms with Crippen LogP contribution in [-0.2, 0) is 14.7 Å². The second-order valence-electron chi connectivity index (χ2n) is 7.40. The van der Waals surface area contributed by atoms with Crippen molar-refractivity contribution in [2.45, 2.75) is 65.1 Å². The summed E-state index contributed by atoms with van der Waals surface area (Å²) in [6, 6.07) is 8.41. The van der Waals surface area contributed by atoms with E-state index in [0.717, 1.165) is 16.6 Å². The van der Waals surface area contributed by atoms with Gasteiger partial charge in [0.25, 0.3) is 0 Å². The minimum Gasteiger partial charge on any atom is -0.399 e. The lowest BCUT2D eigenvalue weighted by Gasteiger charge is -2.32. The van der Waals surface area contributed by atoms with Crippen LogP contribution in [0.25, 0.3) is 0 Å². The van der Waals surface area contributed by atoms with E-state index in [1.54, 1.807) is 0 Å². The maximum atomic E-state index is 9.26. The first-order valence-corrected chi connectivity index (χ1v) is 7.38. The molecule has 21 heavy (non-hydrogen) atoms. The second kappa shape index (κ2) is 4.86. The van der Waals surface area contributed by atoms with Crippen molar-refractivity contribution in [2.24, 2.45) is 0 Å². The molecule has 1 heterocycles. The van der Waals surface area contributed by atoms with E-state index in [9.17, 15) is 5.26 Å². The third-order valence-corrected chi connectivity index (χ3v) is 4.78. The van der Waals surface area contributed by atoms with Crippen LogP contribution in [0.15, 0.2) is 18.2 Å². The summed E-state index contributed by atoms with van der Waals surface area (Å²) in [5.74, 6) is 0. The molecule has 1 aromatic rings. The van der Waals surface area contributed by atoms with Crippen LogP contribution in [0, 0.1) is 18.3 Å². The topological polar surface area (TPSA) is 42.2 Å². The van der Waals surface area contributed by atoms with E-state index < -0.39 is 5.41 Å². The smallest absolute Gasteiger partial charge is 0.399 e. The third-order valence-electron chi connectivity index (χ3n) is 4.78. The van der Waals surface area contributed by atoms with Gasteiger partial charge in [0.15, 0.2) is 0 Å². The van der Waals surface area contributed by atoms with Gasteiger partial charge in [-0.3, -0.25) is 0 Å². The number of rotatable bonds is 2. The number of benzene rings is 1. The normalized spacial score (nSPS) is 20.4. The molecule has 1 aliphatic heterocycles. The van der Waals surface area contributed by atoms with Gasteiger partial charge in [0.1, 0.15) is 0 Å². The van der Waals surface area contributed by atoms with Crippen molar-refractivity contribution in [1.29, 1.82) is 5.26 Å². The van der Waals surface area contributed by atoms with Crippen LogP contribution < -0.4 is 5.46 Å². The van der Waals surface area contributed by atoms with Gasteiger partial charge in [-0.1, -0.05) is 23.8 Å². The molecule has 0 unspecified atom stereocenters. The predicted octanol–water partition coefficient (Wildman–Crippen LogP) is 3.10. The summed E-state index contributed by atoms with van der Waals surface area (Å²) in [5.41, 5.74) is 1.98. The average Bonchev–Trinajstić information content (AvgIpc) is 2.58. The maximum absolute atomic E-state index is 9.26. The Bertz CT molecular complexity index is 583. The summed E-state index contributed by atoms with van der Waals surface area (Å²) in [6.07, 6.45) is 0. The molecule has 0 bridgehead atoms. The van der Waals surface area contributed by atoms with E-state index in [0.29, 0.717) is 0 Å². The van der Waals surface area contributed by atoms with Crippen LogP contribution in [0.3, 0.4) is 0 Å². The van der Waals surface area contributed by atoms with Crippen molar-refractivity contribution in [3.63, 3.8) is 0 Å². The van der Waals surface area contributed by atoms with Crippen LogP contribution in [0.2, 0.25) is 0 Å². The second-order valence-corrected chi connectivity index (χ2v) is 7.40. The molecule has 1 fully saturated rings. The molecule has 0 amide bonds. The molecule has 0 N–H and O–H groups in total. The highest BCUT2D eigenvalue weighted by Gasteiger charge is 2.52. The molecule has 0 saturated carbocycles. The lowest BCUT2D eigenvalue weighted by molar-refractivity contribution is 0.00578. The highest BCUT2D eigenvalue weighted by molar-refractivity contribution is 6.62. The largest absolute Gasteiger partial charge is 0.495 e. The standard InChI is InChI=1S/C17H24BNO2/c1-12-10-13(15(2,3)11-19)8-9-14(12)18-20-16(4,5)17(6,7)21-18/h8-10H,1-7H3. The van der Waals surface area contributed by atoms with Crippen LogP contribution in [0.1, 0.15) is 52.7 Å². The van der Waals surface area contributed by atoms with Crippen molar-refractivity contribution in [3.05, 3.63) is 29.3 Å². The zero-order valence-electron chi connectivity index (χ0n) is 14.1. The molecule has 0 radical (unpaired) electrons. The summed E-state index contributed by atoms with van der Waals surface area (Å²) in [6.45, 7) is 14.1. The molecule has 4 heteroatoms. The molecular formula is C17H24BNO2. The Balaban J connectivity index is 2.35. The van der Waals surface area contributed by atoms with Crippen molar-refractivity contribution >= 4 is 12.6 Å². The van der Waals surface area contributed by atoms with Gasteiger partial charge in [-0.15, -0.1) is 0 Å². The van der Waals surface area contributed by atoms with Crippen molar-refractivity contribution in [1.82, 2.24) is 0 Å². The van der Waals surface area contributed by atoms with Crippen LogP contribution >= 0.6 is 0 Å². The summed E-state index contributed by atoms with van der Waals surface area (Å²) in [4.78, 5) is 0. The van der Waals surface area contributed by atoms with Crippen LogP contribution in [0.4, 0.5) is 0 Å². The third kappa shape index (κ3) is 2.73. The fraction of sp³-hybridized carbons (Fsp3) is 0.588. The van der Waals surface area contributed by atoms with E-state index in [1.165, 1.54) is 0 Å². The first kappa shape index (κ1) is 16.1. The van der Waals surface area contributed by atoms with Gasteiger partial charge in [-0.2, -0.15) is 5.26 Å². The fourth-order valence-electron chi connectivity index (χ4n) is 2.36. The van der Waals surface area contributed by atoms with Gasteiger partial charge in [0, 0.05) is 0 Å². The Hall–Kier alpha value is -1.31. The number of aryl methyl sites for hydroxylation is 1. The Morgan fingerprint density at radius 3 is 2.05 bits per heavy atom. The van der Waals surface area contributed by atoms with Gasteiger partial charge in [-0.05, 0) is 59.5 Å². The van der Waals surface area contributed by atoms with Gasteiger partial charge < -0.3 is 9.31 Å². The zero-order chi connectivity index (χ0) is 16.1. The SMILES string of the molecule is Cc1cc(C(C)(C)C#N)ccc1B1OC(C)(C)C(C)(C)O1. The Labute approximate surface area is 128 Å². The van der Waals surface area contributed by atoms with Crippen LogP contribution in [0.5, 0.6) is 0 Å². The number of hydrogen-bond acceptors (Lipinski definition) is 3. The minimum absolute atomic E-state index is 0.339. The van der Waals surface area contributed by atoms with Gasteiger partial charge >= 0.3 is 7.12 Å². The van der Waals surface area contributed by atoms with E-state index in [-0.39, 0.29) is 18.3 Å². The number of nitriles is 1. The molecule has 112 valence electrons. The maximum Gasteiger partial charge on any atom is 0.495 e. The Morgan fingerprint density at radius 2 is 1.62 bits per heavy atom. The van der Waals surface area contributed by atoms with E-state index in [2.05, 4.69) is 39.8 Å². The highest BCUT2D eigenvalue weighted by atomic mass is 16.7. The van der Waals surface area contributed by atoms with E-state index in [4.69, 9.17) is 9.31 Å². The molecule has 3 nitrogen and oxygen atoms in total. The Morgan fingerprint density at radius 1 is 1.10 bits per heavy atom. The molecule has 1 aromatic carbocycles. The Kier molecular flexibility index (Phi) is 3.72. The first-order chi connectivity index (χ1) is 9.50. The molecule has 0 spiro atoms. The monoisotopic (exact) mass is 285 g/mol. The molecule has 0 aliphatic carbocycles. The highest BCUT2D eigenvalue weighted by Crippen LogP contribution is 2.36. The summed E-state index contributed by atoms with van der Waals surface area (Å²) >= 11 is 0. The molecular weight excluding hydrogens is 261 g/mol. The minimum atomic E-state index is -0.487.